The third kappa shape index (κ3) is 4.59. The summed E-state index contributed by atoms with van der Waals surface area (Å²) < 4.78 is 0. The maximum absolute atomic E-state index is 12.2. The van der Waals surface area contributed by atoms with E-state index in [1.807, 2.05) is 30.3 Å². The summed E-state index contributed by atoms with van der Waals surface area (Å²) in [5.74, 6) is -1.33. The number of likely N-dealkylation sites (N-methyl/N-ethyl adjacent to an activating group) is 1. The smallest absolute Gasteiger partial charge is 0.323 e. The summed E-state index contributed by atoms with van der Waals surface area (Å²) in [5.41, 5.74) is 3.78. The molecule has 0 aliphatic carbocycles. The van der Waals surface area contributed by atoms with Crippen molar-refractivity contribution in [2.75, 3.05) is 18.9 Å². The zero-order valence-electron chi connectivity index (χ0n) is 14.0. The van der Waals surface area contributed by atoms with Gasteiger partial charge >= 0.3 is 5.97 Å². The molecule has 5 nitrogen and oxygen atoms in total. The summed E-state index contributed by atoms with van der Waals surface area (Å²) in [7, 11) is 1.48. The van der Waals surface area contributed by atoms with E-state index in [4.69, 9.17) is 5.11 Å². The molecule has 0 bridgehead atoms. The predicted molar refractivity (Wildman–Crippen MR) is 94.2 cm³/mol. The van der Waals surface area contributed by atoms with Crippen LogP contribution in [0.25, 0.3) is 0 Å². The van der Waals surface area contributed by atoms with Gasteiger partial charge in [-0.1, -0.05) is 37.3 Å². The van der Waals surface area contributed by atoms with Crippen molar-refractivity contribution in [3.63, 3.8) is 0 Å². The molecular weight excluding hydrogens is 304 g/mol. The highest BCUT2D eigenvalue weighted by atomic mass is 16.4. The van der Waals surface area contributed by atoms with Crippen LogP contribution in [0.1, 0.15) is 28.4 Å². The Labute approximate surface area is 141 Å². The zero-order chi connectivity index (χ0) is 17.5. The van der Waals surface area contributed by atoms with E-state index in [1.54, 1.807) is 12.1 Å². The number of nitrogens with zero attached hydrogens (tertiary/aromatic N) is 1. The average Bonchev–Trinajstić information content (AvgIpc) is 2.59. The lowest BCUT2D eigenvalue weighted by molar-refractivity contribution is -0.137. The largest absolute Gasteiger partial charge is 0.480 e. The number of nitrogens with one attached hydrogen (secondary N) is 1. The molecule has 0 atom stereocenters. The minimum Gasteiger partial charge on any atom is -0.480 e. The predicted octanol–water partition coefficient (Wildman–Crippen LogP) is 3.02. The Morgan fingerprint density at radius 2 is 1.88 bits per heavy atom. The number of para-hydroxylation sites is 1. The van der Waals surface area contributed by atoms with Gasteiger partial charge in [-0.25, -0.2) is 0 Å². The lowest BCUT2D eigenvalue weighted by atomic mass is 10.1. The highest BCUT2D eigenvalue weighted by molar-refractivity contribution is 5.95. The normalized spacial score (nSPS) is 10.2. The van der Waals surface area contributed by atoms with Crippen molar-refractivity contribution in [3.05, 3.63) is 65.2 Å². The van der Waals surface area contributed by atoms with Gasteiger partial charge in [0.15, 0.2) is 0 Å². The summed E-state index contributed by atoms with van der Waals surface area (Å²) in [6.07, 6.45) is 0.946. The molecule has 0 aliphatic rings. The number of aliphatic carboxylic acids is 1. The highest BCUT2D eigenvalue weighted by Gasteiger charge is 2.14. The van der Waals surface area contributed by atoms with E-state index in [0.29, 0.717) is 12.1 Å². The van der Waals surface area contributed by atoms with Gasteiger partial charge < -0.3 is 15.3 Å². The van der Waals surface area contributed by atoms with Crippen LogP contribution < -0.4 is 5.32 Å². The van der Waals surface area contributed by atoms with Crippen molar-refractivity contribution >= 4 is 17.6 Å². The number of aryl methyl sites for hydroxylation is 1. The SMILES string of the molecule is CCc1ccccc1NCc1cccc(C(=O)N(C)CC(=O)O)c1. The van der Waals surface area contributed by atoms with E-state index >= 15 is 0 Å². The maximum atomic E-state index is 12.2. The fourth-order valence-corrected chi connectivity index (χ4v) is 2.51. The van der Waals surface area contributed by atoms with E-state index in [2.05, 4.69) is 18.3 Å². The van der Waals surface area contributed by atoms with Crippen molar-refractivity contribution in [1.82, 2.24) is 4.90 Å². The van der Waals surface area contributed by atoms with Crippen molar-refractivity contribution in [3.8, 4) is 0 Å². The second-order valence-electron chi connectivity index (χ2n) is 5.62. The van der Waals surface area contributed by atoms with Gasteiger partial charge in [-0.15, -0.1) is 0 Å². The minimum atomic E-state index is -1.03. The molecule has 1 amide bonds. The number of anilines is 1. The molecule has 2 aromatic rings. The van der Waals surface area contributed by atoms with Crippen LogP contribution in [0.4, 0.5) is 5.69 Å². The molecule has 0 spiro atoms. The van der Waals surface area contributed by atoms with Crippen LogP contribution in [0.3, 0.4) is 0 Å². The second kappa shape index (κ2) is 8.15. The van der Waals surface area contributed by atoms with E-state index in [0.717, 1.165) is 17.7 Å². The van der Waals surface area contributed by atoms with Gasteiger partial charge in [0.2, 0.25) is 0 Å². The van der Waals surface area contributed by atoms with Gasteiger partial charge in [0.1, 0.15) is 6.54 Å². The third-order valence-electron chi connectivity index (χ3n) is 3.77. The number of carboxylic acids is 1. The number of carbonyl (C=O) groups excluding carboxylic acids is 1. The number of rotatable bonds is 7. The van der Waals surface area contributed by atoms with E-state index in [9.17, 15) is 9.59 Å². The van der Waals surface area contributed by atoms with Crippen molar-refractivity contribution in [2.45, 2.75) is 19.9 Å². The molecule has 0 saturated carbocycles. The number of benzene rings is 2. The Morgan fingerprint density at radius 3 is 2.58 bits per heavy atom. The Hall–Kier alpha value is -2.82. The molecule has 0 unspecified atom stereocenters. The fraction of sp³-hybridized carbons (Fsp3) is 0.263. The summed E-state index contributed by atoms with van der Waals surface area (Å²) in [5, 5.41) is 12.2. The first-order valence-corrected chi connectivity index (χ1v) is 7.89. The first-order chi connectivity index (χ1) is 11.5. The molecule has 0 aromatic heterocycles. The molecule has 2 rings (SSSR count). The molecule has 0 aliphatic heterocycles. The summed E-state index contributed by atoms with van der Waals surface area (Å²) in [6.45, 7) is 2.39. The van der Waals surface area contributed by atoms with Crippen LogP contribution in [0.15, 0.2) is 48.5 Å². The molecule has 2 N–H and O–H groups in total. The van der Waals surface area contributed by atoms with Gasteiger partial charge in [-0.05, 0) is 35.7 Å². The standard InChI is InChI=1S/C19H22N2O3/c1-3-15-8-4-5-10-17(15)20-12-14-7-6-9-16(11-14)19(24)21(2)13-18(22)23/h4-11,20H,3,12-13H2,1-2H3,(H,22,23). The van der Waals surface area contributed by atoms with Gasteiger partial charge in [0.25, 0.3) is 5.91 Å². The van der Waals surface area contributed by atoms with Crippen LogP contribution in [0.2, 0.25) is 0 Å². The summed E-state index contributed by atoms with van der Waals surface area (Å²) >= 11 is 0. The van der Waals surface area contributed by atoms with E-state index < -0.39 is 5.97 Å². The van der Waals surface area contributed by atoms with Gasteiger partial charge in [-0.2, -0.15) is 0 Å². The molecule has 0 heterocycles. The Bertz CT molecular complexity index is 728. The Morgan fingerprint density at radius 1 is 1.12 bits per heavy atom. The minimum absolute atomic E-state index is 0.298. The van der Waals surface area contributed by atoms with Crippen LogP contribution in [0, 0.1) is 0 Å². The Balaban J connectivity index is 2.07. The first kappa shape index (κ1) is 17.5. The number of carboxylic acid groups (broad SMARTS) is 1. The number of hydrogen-bond acceptors (Lipinski definition) is 3. The summed E-state index contributed by atoms with van der Waals surface area (Å²) in [6, 6.07) is 15.4. The maximum Gasteiger partial charge on any atom is 0.323 e. The average molecular weight is 326 g/mol. The first-order valence-electron chi connectivity index (χ1n) is 7.89. The molecule has 2 aromatic carbocycles. The number of carbonyl (C=O) groups is 2. The molecule has 24 heavy (non-hydrogen) atoms. The van der Waals surface area contributed by atoms with Crippen LogP contribution in [0.5, 0.6) is 0 Å². The molecule has 126 valence electrons. The molecular formula is C19H22N2O3. The van der Waals surface area contributed by atoms with Gasteiger partial charge in [0.05, 0.1) is 0 Å². The molecule has 0 fully saturated rings. The fourth-order valence-electron chi connectivity index (χ4n) is 2.51. The lowest BCUT2D eigenvalue weighted by Gasteiger charge is -2.15. The van der Waals surface area contributed by atoms with Gasteiger partial charge in [0, 0.05) is 24.8 Å². The quantitative estimate of drug-likeness (QED) is 0.820. The lowest BCUT2D eigenvalue weighted by Crippen LogP contribution is -2.31. The molecule has 5 heteroatoms. The number of hydrogen-bond donors (Lipinski definition) is 2. The van der Waals surface area contributed by atoms with Crippen LogP contribution in [-0.4, -0.2) is 35.5 Å². The zero-order valence-corrected chi connectivity index (χ0v) is 14.0. The monoisotopic (exact) mass is 326 g/mol. The second-order valence-corrected chi connectivity index (χ2v) is 5.62. The highest BCUT2D eigenvalue weighted by Crippen LogP contribution is 2.17. The van der Waals surface area contributed by atoms with E-state index in [-0.39, 0.29) is 12.5 Å². The van der Waals surface area contributed by atoms with Crippen molar-refractivity contribution in [1.29, 1.82) is 0 Å². The van der Waals surface area contributed by atoms with E-state index in [1.165, 1.54) is 17.5 Å². The Kier molecular flexibility index (Phi) is 5.95. The summed E-state index contributed by atoms with van der Waals surface area (Å²) in [4.78, 5) is 24.2. The van der Waals surface area contributed by atoms with Crippen LogP contribution >= 0.6 is 0 Å². The van der Waals surface area contributed by atoms with Crippen molar-refractivity contribution < 1.29 is 14.7 Å². The topological polar surface area (TPSA) is 69.6 Å². The molecule has 0 saturated heterocycles. The number of amides is 1. The molecule has 0 radical (unpaired) electrons. The van der Waals surface area contributed by atoms with Crippen molar-refractivity contribution in [2.24, 2.45) is 0 Å². The van der Waals surface area contributed by atoms with Crippen LogP contribution in [-0.2, 0) is 17.8 Å². The third-order valence-corrected chi connectivity index (χ3v) is 3.77. The van der Waals surface area contributed by atoms with Gasteiger partial charge in [-0.3, -0.25) is 9.59 Å².